The van der Waals surface area contributed by atoms with Crippen molar-refractivity contribution in [3.8, 4) is 0 Å². The van der Waals surface area contributed by atoms with Crippen LogP contribution in [0.15, 0.2) is 48.5 Å². The molecule has 33 heavy (non-hydrogen) atoms. The van der Waals surface area contributed by atoms with Crippen LogP contribution < -0.4 is 10.6 Å². The summed E-state index contributed by atoms with van der Waals surface area (Å²) in [5, 5.41) is 5.54. The van der Waals surface area contributed by atoms with Crippen molar-refractivity contribution in [3.63, 3.8) is 0 Å². The molecule has 0 unspecified atom stereocenters. The first-order chi connectivity index (χ1) is 15.8. The highest BCUT2D eigenvalue weighted by Crippen LogP contribution is 2.24. The van der Waals surface area contributed by atoms with E-state index in [-0.39, 0.29) is 36.6 Å². The Morgan fingerprint density at radius 1 is 1.09 bits per heavy atom. The fourth-order valence-electron chi connectivity index (χ4n) is 3.67. The zero-order chi connectivity index (χ0) is 23.8. The van der Waals surface area contributed by atoms with E-state index in [1.54, 1.807) is 31.4 Å². The molecule has 0 radical (unpaired) electrons. The monoisotopic (exact) mass is 477 g/mol. The number of methoxy groups -OCH3 is 1. The Morgan fingerprint density at radius 3 is 2.42 bits per heavy atom. The second kappa shape index (κ2) is 11.4. The van der Waals surface area contributed by atoms with Crippen LogP contribution in [0.4, 0.5) is 10.1 Å². The number of piperidine rings is 1. The molecule has 0 bridgehead atoms. The maximum absolute atomic E-state index is 13.1. The summed E-state index contributed by atoms with van der Waals surface area (Å²) in [7, 11) is -2.03. The fraction of sp³-hybridized carbons (Fsp3) is 0.391. The number of anilines is 1. The summed E-state index contributed by atoms with van der Waals surface area (Å²) in [4.78, 5) is 25.2. The van der Waals surface area contributed by atoms with Gasteiger partial charge in [-0.25, -0.2) is 17.1 Å². The minimum atomic E-state index is -3.57. The number of sulfonamides is 1. The number of carbonyl (C=O) groups excluding carboxylic acids is 2. The number of nitrogens with one attached hydrogen (secondary N) is 2. The van der Waals surface area contributed by atoms with Gasteiger partial charge >= 0.3 is 0 Å². The van der Waals surface area contributed by atoms with Crippen molar-refractivity contribution in [2.24, 2.45) is 5.92 Å². The first-order valence-electron chi connectivity index (χ1n) is 10.7. The number of ether oxygens (including phenoxy) is 1. The lowest BCUT2D eigenvalue weighted by Gasteiger charge is -2.30. The fourth-order valence-corrected chi connectivity index (χ4v) is 5.23. The van der Waals surface area contributed by atoms with Gasteiger partial charge in [0.05, 0.1) is 23.6 Å². The molecular formula is C23H28FN3O5S. The molecule has 1 fully saturated rings. The molecule has 0 atom stereocenters. The van der Waals surface area contributed by atoms with Crippen molar-refractivity contribution in [1.82, 2.24) is 9.62 Å². The Morgan fingerprint density at radius 2 is 1.76 bits per heavy atom. The minimum Gasteiger partial charge on any atom is -0.383 e. The van der Waals surface area contributed by atoms with E-state index in [0.717, 1.165) is 0 Å². The summed E-state index contributed by atoms with van der Waals surface area (Å²) in [6.07, 6.45) is 0.743. The Hall–Kier alpha value is -2.82. The maximum atomic E-state index is 13.1. The molecule has 1 saturated heterocycles. The summed E-state index contributed by atoms with van der Waals surface area (Å²) in [5.74, 6) is -1.56. The maximum Gasteiger partial charge on any atom is 0.253 e. The molecule has 2 aromatic rings. The second-order valence-corrected chi connectivity index (χ2v) is 9.81. The molecule has 0 saturated carbocycles. The van der Waals surface area contributed by atoms with Crippen LogP contribution >= 0.6 is 0 Å². The molecule has 1 aliphatic rings. The Bertz CT molecular complexity index is 1070. The van der Waals surface area contributed by atoms with Crippen molar-refractivity contribution in [2.45, 2.75) is 18.6 Å². The number of hydrogen-bond donors (Lipinski definition) is 2. The molecule has 8 nitrogen and oxygen atoms in total. The van der Waals surface area contributed by atoms with Crippen LogP contribution in [-0.2, 0) is 25.3 Å². The molecule has 2 amide bonds. The molecule has 1 heterocycles. The van der Waals surface area contributed by atoms with Crippen LogP contribution in [0.25, 0.3) is 0 Å². The van der Waals surface area contributed by atoms with Crippen molar-refractivity contribution >= 4 is 27.5 Å². The molecule has 2 N–H and O–H groups in total. The second-order valence-electron chi connectivity index (χ2n) is 7.84. The number of nitrogens with zero attached hydrogens (tertiary/aromatic N) is 1. The zero-order valence-corrected chi connectivity index (χ0v) is 19.2. The lowest BCUT2D eigenvalue weighted by Crippen LogP contribution is -2.42. The highest BCUT2D eigenvalue weighted by molar-refractivity contribution is 7.88. The van der Waals surface area contributed by atoms with E-state index in [2.05, 4.69) is 10.6 Å². The van der Waals surface area contributed by atoms with Gasteiger partial charge in [-0.05, 0) is 42.7 Å². The normalized spacial score (nSPS) is 15.2. The van der Waals surface area contributed by atoms with Gasteiger partial charge in [-0.1, -0.05) is 24.3 Å². The van der Waals surface area contributed by atoms with Crippen LogP contribution in [0.2, 0.25) is 0 Å². The smallest absolute Gasteiger partial charge is 0.253 e. The summed E-state index contributed by atoms with van der Waals surface area (Å²) in [6.45, 7) is 1.17. The third kappa shape index (κ3) is 6.83. The number of halogens is 1. The highest BCUT2D eigenvalue weighted by Gasteiger charge is 2.31. The number of hydrogen-bond acceptors (Lipinski definition) is 5. The molecular weight excluding hydrogens is 449 g/mol. The summed E-state index contributed by atoms with van der Waals surface area (Å²) >= 11 is 0. The van der Waals surface area contributed by atoms with E-state index in [1.165, 1.54) is 28.6 Å². The largest absolute Gasteiger partial charge is 0.383 e. The van der Waals surface area contributed by atoms with E-state index >= 15 is 0 Å². The summed E-state index contributed by atoms with van der Waals surface area (Å²) in [5.41, 5.74) is 1.27. The van der Waals surface area contributed by atoms with Crippen LogP contribution in [0.3, 0.4) is 0 Å². The Kier molecular flexibility index (Phi) is 8.54. The van der Waals surface area contributed by atoms with Gasteiger partial charge in [-0.15, -0.1) is 0 Å². The molecule has 2 aromatic carbocycles. The molecule has 10 heteroatoms. The van der Waals surface area contributed by atoms with Crippen LogP contribution in [0, 0.1) is 11.7 Å². The van der Waals surface area contributed by atoms with Gasteiger partial charge in [0.25, 0.3) is 5.91 Å². The van der Waals surface area contributed by atoms with Crippen molar-refractivity contribution in [3.05, 3.63) is 65.5 Å². The molecule has 0 aliphatic carbocycles. The predicted molar refractivity (Wildman–Crippen MR) is 123 cm³/mol. The number of benzene rings is 2. The van der Waals surface area contributed by atoms with Crippen molar-refractivity contribution < 1.29 is 27.1 Å². The van der Waals surface area contributed by atoms with E-state index in [0.29, 0.717) is 42.8 Å². The highest BCUT2D eigenvalue weighted by atomic mass is 32.2. The topological polar surface area (TPSA) is 105 Å². The van der Waals surface area contributed by atoms with Gasteiger partial charge in [0.2, 0.25) is 15.9 Å². The van der Waals surface area contributed by atoms with Crippen LogP contribution in [0.5, 0.6) is 0 Å². The third-order valence-electron chi connectivity index (χ3n) is 5.50. The van der Waals surface area contributed by atoms with Gasteiger partial charge < -0.3 is 15.4 Å². The number of amides is 2. The van der Waals surface area contributed by atoms with Gasteiger partial charge in [-0.3, -0.25) is 9.59 Å². The van der Waals surface area contributed by atoms with Crippen molar-refractivity contribution in [1.29, 1.82) is 0 Å². The molecule has 178 valence electrons. The van der Waals surface area contributed by atoms with E-state index in [1.807, 2.05) is 0 Å². The third-order valence-corrected chi connectivity index (χ3v) is 7.35. The first-order valence-corrected chi connectivity index (χ1v) is 12.3. The Balaban J connectivity index is 1.56. The average Bonchev–Trinajstić information content (AvgIpc) is 2.81. The SMILES string of the molecule is COCCNC(=O)c1ccccc1NC(=O)C1CCN(S(=O)(=O)Cc2ccc(F)cc2)CC1. The lowest BCUT2D eigenvalue weighted by molar-refractivity contribution is -0.120. The average molecular weight is 478 g/mol. The van der Waals surface area contributed by atoms with E-state index in [9.17, 15) is 22.4 Å². The number of para-hydroxylation sites is 1. The predicted octanol–water partition coefficient (Wildman–Crippen LogP) is 2.38. The summed E-state index contributed by atoms with van der Waals surface area (Å²) in [6, 6.07) is 12.1. The Labute approximate surface area is 193 Å². The van der Waals surface area contributed by atoms with Crippen LogP contribution in [0.1, 0.15) is 28.8 Å². The van der Waals surface area contributed by atoms with Gasteiger partial charge in [0, 0.05) is 32.7 Å². The van der Waals surface area contributed by atoms with E-state index in [4.69, 9.17) is 4.74 Å². The number of rotatable bonds is 9. The van der Waals surface area contributed by atoms with Crippen molar-refractivity contribution in [2.75, 3.05) is 38.7 Å². The quantitative estimate of drug-likeness (QED) is 0.540. The van der Waals surface area contributed by atoms with Gasteiger partial charge in [-0.2, -0.15) is 0 Å². The molecule has 1 aliphatic heterocycles. The first kappa shape index (κ1) is 24.8. The van der Waals surface area contributed by atoms with E-state index < -0.39 is 15.8 Å². The standard InChI is InChI=1S/C23H28FN3O5S/c1-32-15-12-25-23(29)20-4-2-3-5-21(20)26-22(28)18-10-13-27(14-11-18)33(30,31)16-17-6-8-19(24)9-7-17/h2-9,18H,10-16H2,1H3,(H,25,29)(H,26,28). The number of carbonyl (C=O) groups is 2. The molecule has 0 aromatic heterocycles. The summed E-state index contributed by atoms with van der Waals surface area (Å²) < 4.78 is 44.8. The van der Waals surface area contributed by atoms with Gasteiger partial charge in [0.15, 0.2) is 0 Å². The van der Waals surface area contributed by atoms with Gasteiger partial charge in [0.1, 0.15) is 5.82 Å². The zero-order valence-electron chi connectivity index (χ0n) is 18.4. The minimum absolute atomic E-state index is 0.213. The van der Waals surface area contributed by atoms with Crippen LogP contribution in [-0.4, -0.2) is 57.9 Å². The molecule has 0 spiro atoms. The lowest BCUT2D eigenvalue weighted by atomic mass is 9.97. The molecule has 3 rings (SSSR count).